The quantitative estimate of drug-likeness (QED) is 0.942. The van der Waals surface area contributed by atoms with Crippen LogP contribution < -0.4 is 4.74 Å². The number of nitrogens with zero attached hydrogens (tertiary/aromatic N) is 2. The summed E-state index contributed by atoms with van der Waals surface area (Å²) in [5.41, 5.74) is 3.60. The highest BCUT2D eigenvalue weighted by Crippen LogP contribution is 2.45. The number of aromatic amines is 1. The van der Waals surface area contributed by atoms with Crippen LogP contribution in [0, 0.1) is 6.92 Å². The number of nitrogens with one attached hydrogen (secondary N) is 1. The van der Waals surface area contributed by atoms with E-state index in [1.807, 2.05) is 13.1 Å². The maximum absolute atomic E-state index is 6.35. The lowest BCUT2D eigenvalue weighted by atomic mass is 9.79. The van der Waals surface area contributed by atoms with Crippen molar-refractivity contribution in [3.63, 3.8) is 0 Å². The molecule has 2 aliphatic rings. The Labute approximate surface area is 143 Å². The maximum atomic E-state index is 6.35. The van der Waals surface area contributed by atoms with E-state index in [9.17, 15) is 0 Å². The maximum Gasteiger partial charge on any atom is 0.125 e. The van der Waals surface area contributed by atoms with Crippen LogP contribution in [0.2, 0.25) is 0 Å². The number of likely N-dealkylation sites (tertiary alicyclic amines) is 1. The van der Waals surface area contributed by atoms with Crippen molar-refractivity contribution in [1.82, 2.24) is 14.9 Å². The van der Waals surface area contributed by atoms with Gasteiger partial charge in [-0.25, -0.2) is 4.98 Å². The summed E-state index contributed by atoms with van der Waals surface area (Å²) in [7, 11) is 1.76. The Balaban J connectivity index is 1.53. The Hall–Kier alpha value is -1.85. The number of methoxy groups -OCH3 is 1. The molecule has 5 nitrogen and oxygen atoms in total. The number of piperidine rings is 1. The van der Waals surface area contributed by atoms with Gasteiger partial charge < -0.3 is 14.5 Å². The highest BCUT2D eigenvalue weighted by molar-refractivity contribution is 5.46. The largest absolute Gasteiger partial charge is 0.496 e. The van der Waals surface area contributed by atoms with E-state index in [0.29, 0.717) is 0 Å². The molecule has 0 saturated carbocycles. The van der Waals surface area contributed by atoms with Gasteiger partial charge in [0.25, 0.3) is 0 Å². The van der Waals surface area contributed by atoms with Crippen LogP contribution in [-0.4, -0.2) is 41.7 Å². The summed E-state index contributed by atoms with van der Waals surface area (Å²) in [4.78, 5) is 10.2. The number of rotatable bonds is 3. The Morgan fingerprint density at radius 2 is 2.17 bits per heavy atom. The van der Waals surface area contributed by atoms with Crippen LogP contribution in [0.1, 0.15) is 35.5 Å². The summed E-state index contributed by atoms with van der Waals surface area (Å²) in [6, 6.07) is 6.37. The lowest BCUT2D eigenvalue weighted by Gasteiger charge is -2.45. The van der Waals surface area contributed by atoms with Crippen LogP contribution in [0.15, 0.2) is 24.4 Å². The smallest absolute Gasteiger partial charge is 0.125 e. The van der Waals surface area contributed by atoms with Crippen molar-refractivity contribution >= 4 is 0 Å². The molecule has 0 amide bonds. The van der Waals surface area contributed by atoms with E-state index < -0.39 is 0 Å². The van der Waals surface area contributed by atoms with Crippen molar-refractivity contribution < 1.29 is 9.47 Å². The zero-order valence-electron chi connectivity index (χ0n) is 14.5. The number of hydrogen-bond donors (Lipinski definition) is 1. The first-order valence-corrected chi connectivity index (χ1v) is 8.73. The van der Waals surface area contributed by atoms with Crippen molar-refractivity contribution in [3.05, 3.63) is 47.0 Å². The number of benzene rings is 1. The van der Waals surface area contributed by atoms with Gasteiger partial charge in [-0.15, -0.1) is 0 Å². The summed E-state index contributed by atoms with van der Waals surface area (Å²) in [6.07, 6.45) is 4.87. The molecule has 1 spiro atoms. The van der Waals surface area contributed by atoms with Crippen molar-refractivity contribution in [3.8, 4) is 5.75 Å². The number of hydrogen-bond acceptors (Lipinski definition) is 4. The van der Waals surface area contributed by atoms with Gasteiger partial charge in [0, 0.05) is 30.5 Å². The third-order valence-corrected chi connectivity index (χ3v) is 5.33. The molecule has 0 bridgehead atoms. The van der Waals surface area contributed by atoms with Crippen LogP contribution in [-0.2, 0) is 23.3 Å². The fourth-order valence-electron chi connectivity index (χ4n) is 4.13. The molecule has 1 aromatic carbocycles. The topological polar surface area (TPSA) is 50.4 Å². The van der Waals surface area contributed by atoms with Crippen LogP contribution in [0.3, 0.4) is 0 Å². The van der Waals surface area contributed by atoms with Gasteiger partial charge >= 0.3 is 0 Å². The first kappa shape index (κ1) is 15.7. The van der Waals surface area contributed by atoms with E-state index in [1.54, 1.807) is 7.11 Å². The number of ether oxygens (including phenoxy) is 2. The number of imidazole rings is 1. The molecule has 3 heterocycles. The van der Waals surface area contributed by atoms with E-state index >= 15 is 0 Å². The Morgan fingerprint density at radius 3 is 2.88 bits per heavy atom. The normalized spacial score (nSPS) is 20.1. The third-order valence-electron chi connectivity index (χ3n) is 5.33. The van der Waals surface area contributed by atoms with Gasteiger partial charge in [-0.3, -0.25) is 4.90 Å². The summed E-state index contributed by atoms with van der Waals surface area (Å²) in [5, 5.41) is 0. The number of fused-ring (bicyclic) bond motifs is 2. The lowest BCUT2D eigenvalue weighted by molar-refractivity contribution is -0.100. The zero-order chi connectivity index (χ0) is 16.6. The average Bonchev–Trinajstić information content (AvgIpc) is 3.02. The standard InChI is InChI=1S/C19H25N3O2/c1-14-12-20-17(21-14)13-22-9-7-19(8-10-22)18-15(6-11-24-19)4-3-5-16(18)23-2/h3-5,12H,6-11,13H2,1-2H3,(H,20,21). The molecule has 24 heavy (non-hydrogen) atoms. The van der Waals surface area contributed by atoms with E-state index in [0.717, 1.165) is 62.8 Å². The van der Waals surface area contributed by atoms with Gasteiger partial charge in [0.1, 0.15) is 11.6 Å². The molecule has 128 valence electrons. The molecule has 2 aliphatic heterocycles. The SMILES string of the molecule is COc1cccc2c1C1(CCN(Cc3ncc(C)[nH]3)CC1)OCC2. The first-order valence-electron chi connectivity index (χ1n) is 8.73. The van der Waals surface area contributed by atoms with Gasteiger partial charge in [0.15, 0.2) is 0 Å². The van der Waals surface area contributed by atoms with E-state index in [4.69, 9.17) is 9.47 Å². The molecule has 1 N–H and O–H groups in total. The second-order valence-electron chi connectivity index (χ2n) is 6.88. The second-order valence-corrected chi connectivity index (χ2v) is 6.88. The Bertz CT molecular complexity index is 703. The molecule has 1 aromatic heterocycles. The van der Waals surface area contributed by atoms with Crippen molar-refractivity contribution in [2.24, 2.45) is 0 Å². The summed E-state index contributed by atoms with van der Waals surface area (Å²) in [6.45, 7) is 5.75. The molecule has 1 saturated heterocycles. The van der Waals surface area contributed by atoms with Crippen LogP contribution >= 0.6 is 0 Å². The molecular formula is C19H25N3O2. The summed E-state index contributed by atoms with van der Waals surface area (Å²) >= 11 is 0. The van der Waals surface area contributed by atoms with Crippen LogP contribution in [0.4, 0.5) is 0 Å². The van der Waals surface area contributed by atoms with Crippen LogP contribution in [0.5, 0.6) is 5.75 Å². The minimum absolute atomic E-state index is 0.185. The minimum atomic E-state index is -0.185. The number of H-pyrrole nitrogens is 1. The fourth-order valence-corrected chi connectivity index (χ4v) is 4.13. The molecule has 4 rings (SSSR count). The highest BCUT2D eigenvalue weighted by atomic mass is 16.5. The summed E-state index contributed by atoms with van der Waals surface area (Å²) in [5.74, 6) is 2.02. The van der Waals surface area contributed by atoms with Gasteiger partial charge in [-0.05, 0) is 37.8 Å². The fraction of sp³-hybridized carbons (Fsp3) is 0.526. The van der Waals surface area contributed by atoms with E-state index in [2.05, 4.69) is 33.1 Å². The predicted molar refractivity (Wildman–Crippen MR) is 92.2 cm³/mol. The van der Waals surface area contributed by atoms with E-state index in [1.165, 1.54) is 11.1 Å². The van der Waals surface area contributed by atoms with Gasteiger partial charge in [-0.1, -0.05) is 12.1 Å². The summed E-state index contributed by atoms with van der Waals surface area (Å²) < 4.78 is 12.0. The first-order chi connectivity index (χ1) is 11.7. The minimum Gasteiger partial charge on any atom is -0.496 e. The molecule has 0 atom stereocenters. The Morgan fingerprint density at radius 1 is 1.33 bits per heavy atom. The molecule has 2 aromatic rings. The average molecular weight is 327 g/mol. The van der Waals surface area contributed by atoms with Crippen molar-refractivity contribution in [1.29, 1.82) is 0 Å². The molecule has 0 radical (unpaired) electrons. The van der Waals surface area contributed by atoms with Crippen molar-refractivity contribution in [2.75, 3.05) is 26.8 Å². The third kappa shape index (κ3) is 2.72. The van der Waals surface area contributed by atoms with Crippen molar-refractivity contribution in [2.45, 2.75) is 38.3 Å². The van der Waals surface area contributed by atoms with Gasteiger partial charge in [0.2, 0.25) is 0 Å². The number of aryl methyl sites for hydroxylation is 1. The molecule has 0 aliphatic carbocycles. The molecule has 0 unspecified atom stereocenters. The van der Waals surface area contributed by atoms with Gasteiger partial charge in [-0.2, -0.15) is 0 Å². The highest BCUT2D eigenvalue weighted by Gasteiger charge is 2.42. The van der Waals surface area contributed by atoms with E-state index in [-0.39, 0.29) is 5.60 Å². The second kappa shape index (κ2) is 6.22. The number of aromatic nitrogens is 2. The lowest BCUT2D eigenvalue weighted by Crippen LogP contribution is -2.46. The molecule has 1 fully saturated rings. The van der Waals surface area contributed by atoms with Crippen LogP contribution in [0.25, 0.3) is 0 Å². The molecular weight excluding hydrogens is 302 g/mol. The monoisotopic (exact) mass is 327 g/mol. The zero-order valence-corrected chi connectivity index (χ0v) is 14.5. The predicted octanol–water partition coefficient (Wildman–Crippen LogP) is 2.79. The Kier molecular flexibility index (Phi) is 4.06. The molecule has 5 heteroatoms. The van der Waals surface area contributed by atoms with Gasteiger partial charge in [0.05, 0.1) is 25.9 Å².